The van der Waals surface area contributed by atoms with E-state index in [1.54, 1.807) is 6.07 Å². The lowest BCUT2D eigenvalue weighted by atomic mass is 10.1. The number of ether oxygens (including phenoxy) is 2. The van der Waals surface area contributed by atoms with E-state index in [2.05, 4.69) is 5.10 Å². The van der Waals surface area contributed by atoms with Crippen LogP contribution < -0.4 is 15.2 Å². The van der Waals surface area contributed by atoms with E-state index in [0.29, 0.717) is 36.3 Å². The standard InChI is InChI=1S/C15H18ClN3O3/c1-15(2,3)19-14(20)18(9-17-19)8-10-6-12-13(7-11(10)16)22-5-4-21-12/h6-7,9H,4-5,8H2,1-3H3. The second kappa shape index (κ2) is 5.35. The summed E-state index contributed by atoms with van der Waals surface area (Å²) in [6, 6.07) is 3.54. The maximum Gasteiger partial charge on any atom is 0.346 e. The molecule has 2 heterocycles. The van der Waals surface area contributed by atoms with E-state index in [4.69, 9.17) is 21.1 Å². The van der Waals surface area contributed by atoms with Crippen LogP contribution >= 0.6 is 11.6 Å². The Morgan fingerprint density at radius 3 is 2.45 bits per heavy atom. The zero-order chi connectivity index (χ0) is 15.9. The second-order valence-electron chi connectivity index (χ2n) is 6.21. The fourth-order valence-corrected chi connectivity index (χ4v) is 2.53. The van der Waals surface area contributed by atoms with Gasteiger partial charge in [-0.15, -0.1) is 0 Å². The molecule has 0 unspecified atom stereocenters. The van der Waals surface area contributed by atoms with Crippen LogP contribution in [0.3, 0.4) is 0 Å². The minimum Gasteiger partial charge on any atom is -0.486 e. The number of halogens is 1. The molecule has 0 atom stereocenters. The van der Waals surface area contributed by atoms with E-state index in [-0.39, 0.29) is 11.2 Å². The molecule has 3 rings (SSSR count). The van der Waals surface area contributed by atoms with Crippen molar-refractivity contribution in [1.29, 1.82) is 0 Å². The third-order valence-corrected chi connectivity index (χ3v) is 3.77. The Bertz CT molecular complexity index is 758. The van der Waals surface area contributed by atoms with Crippen molar-refractivity contribution in [2.24, 2.45) is 0 Å². The zero-order valence-corrected chi connectivity index (χ0v) is 13.6. The Morgan fingerprint density at radius 1 is 1.23 bits per heavy atom. The topological polar surface area (TPSA) is 58.3 Å². The third-order valence-electron chi connectivity index (χ3n) is 3.42. The minimum atomic E-state index is -0.362. The molecule has 7 heteroatoms. The van der Waals surface area contributed by atoms with Gasteiger partial charge < -0.3 is 9.47 Å². The normalized spacial score (nSPS) is 14.2. The molecule has 0 fully saturated rings. The van der Waals surface area contributed by atoms with Crippen molar-refractivity contribution in [1.82, 2.24) is 14.3 Å². The molecule has 0 radical (unpaired) electrons. The van der Waals surface area contributed by atoms with Crippen molar-refractivity contribution in [2.75, 3.05) is 13.2 Å². The summed E-state index contributed by atoms with van der Waals surface area (Å²) in [6.45, 7) is 7.16. The van der Waals surface area contributed by atoms with E-state index in [9.17, 15) is 4.79 Å². The molecule has 1 aromatic heterocycles. The molecule has 0 spiro atoms. The van der Waals surface area contributed by atoms with Gasteiger partial charge in [-0.1, -0.05) is 11.6 Å². The van der Waals surface area contributed by atoms with Gasteiger partial charge in [0.05, 0.1) is 12.1 Å². The highest BCUT2D eigenvalue weighted by molar-refractivity contribution is 6.31. The molecule has 1 aliphatic heterocycles. The molecule has 0 N–H and O–H groups in total. The van der Waals surface area contributed by atoms with Crippen molar-refractivity contribution in [3.8, 4) is 11.5 Å². The number of hydrogen-bond donors (Lipinski definition) is 0. The summed E-state index contributed by atoms with van der Waals surface area (Å²) < 4.78 is 14.0. The average molecular weight is 324 g/mol. The van der Waals surface area contributed by atoms with Gasteiger partial charge in [0.15, 0.2) is 11.5 Å². The van der Waals surface area contributed by atoms with Crippen LogP contribution in [-0.4, -0.2) is 27.6 Å². The lowest BCUT2D eigenvalue weighted by molar-refractivity contribution is 0.171. The molecule has 22 heavy (non-hydrogen) atoms. The maximum atomic E-state index is 12.4. The summed E-state index contributed by atoms with van der Waals surface area (Å²) in [4.78, 5) is 12.4. The van der Waals surface area contributed by atoms with Crippen molar-refractivity contribution in [2.45, 2.75) is 32.9 Å². The Labute approximate surface area is 133 Å². The van der Waals surface area contributed by atoms with E-state index >= 15 is 0 Å². The Kier molecular flexibility index (Phi) is 3.64. The van der Waals surface area contributed by atoms with Crippen LogP contribution in [0.2, 0.25) is 5.02 Å². The molecule has 0 saturated heterocycles. The molecule has 6 nitrogen and oxygen atoms in total. The number of rotatable bonds is 2. The van der Waals surface area contributed by atoms with Crippen LogP contribution in [-0.2, 0) is 12.1 Å². The first-order chi connectivity index (χ1) is 10.4. The van der Waals surface area contributed by atoms with Crippen LogP contribution in [0.1, 0.15) is 26.3 Å². The number of nitrogens with zero attached hydrogens (tertiary/aromatic N) is 3. The van der Waals surface area contributed by atoms with E-state index < -0.39 is 0 Å². The van der Waals surface area contributed by atoms with Crippen LogP contribution in [0, 0.1) is 0 Å². The highest BCUT2D eigenvalue weighted by Gasteiger charge is 2.20. The molecular formula is C15H18ClN3O3. The highest BCUT2D eigenvalue weighted by atomic mass is 35.5. The van der Waals surface area contributed by atoms with Crippen molar-refractivity contribution in [3.63, 3.8) is 0 Å². The van der Waals surface area contributed by atoms with E-state index in [1.165, 1.54) is 15.6 Å². The number of fused-ring (bicyclic) bond motifs is 1. The third kappa shape index (κ3) is 2.70. The van der Waals surface area contributed by atoms with Crippen molar-refractivity contribution in [3.05, 3.63) is 39.5 Å². The monoisotopic (exact) mass is 323 g/mol. The summed E-state index contributed by atoms with van der Waals surface area (Å²) in [7, 11) is 0. The van der Waals surface area contributed by atoms with Crippen LogP contribution in [0.4, 0.5) is 0 Å². The maximum absolute atomic E-state index is 12.4. The molecule has 2 aromatic rings. The fourth-order valence-electron chi connectivity index (χ4n) is 2.31. The molecule has 118 valence electrons. The van der Waals surface area contributed by atoms with Crippen molar-refractivity contribution >= 4 is 11.6 Å². The predicted octanol–water partition coefficient (Wildman–Crippen LogP) is 2.27. The summed E-state index contributed by atoms with van der Waals surface area (Å²) in [5.74, 6) is 1.29. The van der Waals surface area contributed by atoms with Gasteiger partial charge in [0.1, 0.15) is 19.5 Å². The van der Waals surface area contributed by atoms with Crippen LogP contribution in [0.15, 0.2) is 23.3 Å². The Morgan fingerprint density at radius 2 is 1.86 bits per heavy atom. The molecule has 1 aromatic carbocycles. The average Bonchev–Trinajstić information content (AvgIpc) is 2.81. The van der Waals surface area contributed by atoms with Gasteiger partial charge in [-0.25, -0.2) is 9.48 Å². The molecule has 0 saturated carbocycles. The highest BCUT2D eigenvalue weighted by Crippen LogP contribution is 2.35. The smallest absolute Gasteiger partial charge is 0.346 e. The number of hydrogen-bond acceptors (Lipinski definition) is 4. The summed E-state index contributed by atoms with van der Waals surface area (Å²) >= 11 is 6.28. The van der Waals surface area contributed by atoms with Gasteiger partial charge >= 0.3 is 5.69 Å². The largest absolute Gasteiger partial charge is 0.486 e. The molecule has 0 amide bonds. The SMILES string of the molecule is CC(C)(C)n1ncn(Cc2cc3c(cc2Cl)OCCO3)c1=O. The van der Waals surface area contributed by atoms with Gasteiger partial charge in [-0.05, 0) is 32.4 Å². The summed E-state index contributed by atoms with van der Waals surface area (Å²) in [6.07, 6.45) is 1.53. The van der Waals surface area contributed by atoms with Gasteiger partial charge in [0, 0.05) is 11.1 Å². The van der Waals surface area contributed by atoms with Gasteiger partial charge in [0.25, 0.3) is 0 Å². The lowest BCUT2D eigenvalue weighted by Crippen LogP contribution is -2.35. The van der Waals surface area contributed by atoms with E-state index in [0.717, 1.165) is 5.56 Å². The quantitative estimate of drug-likeness (QED) is 0.850. The summed E-state index contributed by atoms with van der Waals surface area (Å²) in [5, 5.41) is 4.71. The predicted molar refractivity (Wildman–Crippen MR) is 83.0 cm³/mol. The number of aromatic nitrogens is 3. The lowest BCUT2D eigenvalue weighted by Gasteiger charge is -2.20. The molecule has 0 bridgehead atoms. The first kappa shape index (κ1) is 15.0. The van der Waals surface area contributed by atoms with E-state index in [1.807, 2.05) is 26.8 Å². The van der Waals surface area contributed by atoms with Gasteiger partial charge in [-0.2, -0.15) is 5.10 Å². The Balaban J connectivity index is 1.94. The molecular weight excluding hydrogens is 306 g/mol. The summed E-state index contributed by atoms with van der Waals surface area (Å²) in [5.41, 5.74) is 0.263. The first-order valence-corrected chi connectivity index (χ1v) is 7.47. The van der Waals surface area contributed by atoms with Crippen LogP contribution in [0.25, 0.3) is 0 Å². The zero-order valence-electron chi connectivity index (χ0n) is 12.8. The number of benzene rings is 1. The minimum absolute atomic E-state index is 0.168. The van der Waals surface area contributed by atoms with Gasteiger partial charge in [0.2, 0.25) is 0 Å². The first-order valence-electron chi connectivity index (χ1n) is 7.09. The molecule has 1 aliphatic rings. The second-order valence-corrected chi connectivity index (χ2v) is 6.62. The van der Waals surface area contributed by atoms with Crippen molar-refractivity contribution < 1.29 is 9.47 Å². The Hall–Kier alpha value is -1.95. The van der Waals surface area contributed by atoms with Crippen LogP contribution in [0.5, 0.6) is 11.5 Å². The fraction of sp³-hybridized carbons (Fsp3) is 0.467. The van der Waals surface area contributed by atoms with Gasteiger partial charge in [-0.3, -0.25) is 4.57 Å². The molecule has 0 aliphatic carbocycles.